The predicted molar refractivity (Wildman–Crippen MR) is 89.6 cm³/mol. The Morgan fingerprint density at radius 1 is 1.17 bits per heavy atom. The van der Waals surface area contributed by atoms with E-state index in [9.17, 15) is 4.79 Å². The summed E-state index contributed by atoms with van der Waals surface area (Å²) in [6.45, 7) is 0.698. The first kappa shape index (κ1) is 14.9. The van der Waals surface area contributed by atoms with Gasteiger partial charge in [0.2, 0.25) is 0 Å². The fourth-order valence-corrected chi connectivity index (χ4v) is 3.14. The number of rotatable bonds is 3. The normalized spacial score (nSPS) is 20.8. The summed E-state index contributed by atoms with van der Waals surface area (Å²) < 4.78 is 11.5. The maximum absolute atomic E-state index is 12.6. The number of benzene rings is 1. The van der Waals surface area contributed by atoms with Crippen molar-refractivity contribution in [2.24, 2.45) is 0 Å². The molecule has 5 nitrogen and oxygen atoms in total. The van der Waals surface area contributed by atoms with E-state index in [1.165, 1.54) is 0 Å². The van der Waals surface area contributed by atoms with E-state index in [2.05, 4.69) is 10.3 Å². The topological polar surface area (TPSA) is 64.4 Å². The summed E-state index contributed by atoms with van der Waals surface area (Å²) in [6.07, 6.45) is 5.12. The van der Waals surface area contributed by atoms with Crippen LogP contribution in [0.2, 0.25) is 0 Å². The first-order valence-electron chi connectivity index (χ1n) is 8.12. The van der Waals surface area contributed by atoms with Gasteiger partial charge in [-0.15, -0.1) is 0 Å². The van der Waals surface area contributed by atoms with Crippen molar-refractivity contribution in [3.8, 4) is 0 Å². The number of pyridine rings is 1. The van der Waals surface area contributed by atoms with Crippen LogP contribution in [0.15, 0.2) is 59.3 Å². The van der Waals surface area contributed by atoms with Gasteiger partial charge in [0.25, 0.3) is 5.91 Å². The molecule has 2 aromatic heterocycles. The van der Waals surface area contributed by atoms with Crippen LogP contribution in [0, 0.1) is 0 Å². The number of hydrogen-bond acceptors (Lipinski definition) is 4. The fourth-order valence-electron chi connectivity index (χ4n) is 3.14. The molecule has 1 aliphatic rings. The second kappa shape index (κ2) is 6.45. The van der Waals surface area contributed by atoms with Gasteiger partial charge in [0.05, 0.1) is 6.04 Å². The number of amides is 1. The third-order valence-corrected chi connectivity index (χ3v) is 4.32. The summed E-state index contributed by atoms with van der Waals surface area (Å²) in [5.74, 6) is 0.121. The number of nitrogens with zero attached hydrogens (tertiary/aromatic N) is 1. The molecule has 5 heteroatoms. The lowest BCUT2D eigenvalue weighted by atomic mass is 9.96. The monoisotopic (exact) mass is 322 g/mol. The van der Waals surface area contributed by atoms with Crippen LogP contribution >= 0.6 is 0 Å². The number of hydrogen-bond donors (Lipinski definition) is 1. The number of ether oxygens (including phenoxy) is 1. The number of carbonyl (C=O) groups excluding carboxylic acids is 1. The number of furan rings is 1. The van der Waals surface area contributed by atoms with Crippen molar-refractivity contribution < 1.29 is 13.9 Å². The predicted octanol–water partition coefficient (Wildman–Crippen LogP) is 3.48. The lowest BCUT2D eigenvalue weighted by Gasteiger charge is -2.32. The average Bonchev–Trinajstić information content (AvgIpc) is 3.07. The van der Waals surface area contributed by atoms with Gasteiger partial charge >= 0.3 is 0 Å². The Morgan fingerprint density at radius 2 is 2.00 bits per heavy atom. The highest BCUT2D eigenvalue weighted by atomic mass is 16.5. The Labute approximate surface area is 139 Å². The van der Waals surface area contributed by atoms with Gasteiger partial charge < -0.3 is 14.5 Å². The van der Waals surface area contributed by atoms with Gasteiger partial charge in [-0.1, -0.05) is 18.2 Å². The molecule has 1 N–H and O–H groups in total. The summed E-state index contributed by atoms with van der Waals surface area (Å²) in [5, 5.41) is 3.99. The molecular weight excluding hydrogens is 304 g/mol. The highest BCUT2D eigenvalue weighted by Crippen LogP contribution is 2.28. The molecule has 3 heterocycles. The van der Waals surface area contributed by atoms with Crippen LogP contribution in [0.25, 0.3) is 11.0 Å². The molecule has 0 bridgehead atoms. The minimum absolute atomic E-state index is 0.0816. The average molecular weight is 322 g/mol. The van der Waals surface area contributed by atoms with Crippen molar-refractivity contribution in [2.45, 2.75) is 25.0 Å². The summed E-state index contributed by atoms with van der Waals surface area (Å²) in [6, 6.07) is 13.1. The van der Waals surface area contributed by atoms with Crippen molar-refractivity contribution in [2.75, 3.05) is 6.61 Å². The minimum atomic E-state index is -0.208. The van der Waals surface area contributed by atoms with Crippen LogP contribution in [0.4, 0.5) is 0 Å². The van der Waals surface area contributed by atoms with E-state index in [0.717, 1.165) is 23.8 Å². The van der Waals surface area contributed by atoms with E-state index in [4.69, 9.17) is 9.15 Å². The molecule has 0 radical (unpaired) electrons. The Kier molecular flexibility index (Phi) is 4.01. The zero-order chi connectivity index (χ0) is 16.4. The molecule has 1 fully saturated rings. The lowest BCUT2D eigenvalue weighted by Crippen LogP contribution is -2.42. The standard InChI is InChI=1S/C19H18N2O3/c22-19(17-12-14-4-1-2-6-16(14)24-17)21-15-5-3-11-23-18(15)13-7-9-20-10-8-13/h1-2,4,6-10,12,15,18H,3,5,11H2,(H,21,22)/t15-,18+/m0/s1. The summed E-state index contributed by atoms with van der Waals surface area (Å²) in [5.41, 5.74) is 1.74. The molecule has 1 saturated heterocycles. The van der Waals surface area contributed by atoms with Crippen molar-refractivity contribution in [1.29, 1.82) is 0 Å². The molecule has 1 amide bonds. The van der Waals surface area contributed by atoms with Crippen LogP contribution in [0.3, 0.4) is 0 Å². The van der Waals surface area contributed by atoms with Crippen LogP contribution < -0.4 is 5.32 Å². The van der Waals surface area contributed by atoms with E-state index in [-0.39, 0.29) is 18.1 Å². The number of carbonyl (C=O) groups is 1. The molecule has 1 aliphatic heterocycles. The Morgan fingerprint density at radius 3 is 2.83 bits per heavy atom. The smallest absolute Gasteiger partial charge is 0.287 e. The molecular formula is C19H18N2O3. The van der Waals surface area contributed by atoms with Gasteiger partial charge in [0.1, 0.15) is 11.7 Å². The largest absolute Gasteiger partial charge is 0.451 e. The fraction of sp³-hybridized carbons (Fsp3) is 0.263. The molecule has 24 heavy (non-hydrogen) atoms. The van der Waals surface area contributed by atoms with Gasteiger partial charge in [-0.2, -0.15) is 0 Å². The first-order valence-corrected chi connectivity index (χ1v) is 8.12. The molecule has 3 aromatic rings. The maximum Gasteiger partial charge on any atom is 0.287 e. The Hall–Kier alpha value is -2.66. The van der Waals surface area contributed by atoms with E-state index in [1.807, 2.05) is 36.4 Å². The van der Waals surface area contributed by atoms with Crippen LogP contribution in [-0.4, -0.2) is 23.5 Å². The zero-order valence-electron chi connectivity index (χ0n) is 13.1. The summed E-state index contributed by atoms with van der Waals surface area (Å²) in [7, 11) is 0. The van der Waals surface area contributed by atoms with E-state index < -0.39 is 0 Å². The second-order valence-electron chi connectivity index (χ2n) is 5.94. The second-order valence-corrected chi connectivity index (χ2v) is 5.94. The van der Waals surface area contributed by atoms with E-state index >= 15 is 0 Å². The molecule has 4 rings (SSSR count). The zero-order valence-corrected chi connectivity index (χ0v) is 13.1. The molecule has 1 aromatic carbocycles. The molecule has 122 valence electrons. The van der Waals surface area contributed by atoms with Gasteiger partial charge in [0.15, 0.2) is 5.76 Å². The lowest BCUT2D eigenvalue weighted by molar-refractivity contribution is -0.00974. The van der Waals surface area contributed by atoms with Crippen LogP contribution in [-0.2, 0) is 4.74 Å². The first-order chi connectivity index (χ1) is 11.8. The Bertz CT molecular complexity index is 811. The highest BCUT2D eigenvalue weighted by Gasteiger charge is 2.29. The van der Waals surface area contributed by atoms with Crippen molar-refractivity contribution >= 4 is 16.9 Å². The molecule has 0 saturated carbocycles. The third-order valence-electron chi connectivity index (χ3n) is 4.32. The van der Waals surface area contributed by atoms with Gasteiger partial charge in [0, 0.05) is 24.4 Å². The number of para-hydroxylation sites is 1. The SMILES string of the molecule is O=C(N[C@H]1CCCO[C@@H]1c1ccncc1)c1cc2ccccc2o1. The number of nitrogens with one attached hydrogen (secondary N) is 1. The van der Waals surface area contributed by atoms with Gasteiger partial charge in [-0.05, 0) is 42.7 Å². The molecule has 0 unspecified atom stereocenters. The number of fused-ring (bicyclic) bond motifs is 1. The quantitative estimate of drug-likeness (QED) is 0.802. The maximum atomic E-state index is 12.6. The minimum Gasteiger partial charge on any atom is -0.451 e. The van der Waals surface area contributed by atoms with Crippen molar-refractivity contribution in [3.63, 3.8) is 0 Å². The molecule has 0 aliphatic carbocycles. The van der Waals surface area contributed by atoms with Crippen LogP contribution in [0.1, 0.15) is 35.1 Å². The van der Waals surface area contributed by atoms with E-state index in [1.54, 1.807) is 18.5 Å². The summed E-state index contributed by atoms with van der Waals surface area (Å²) in [4.78, 5) is 16.6. The van der Waals surface area contributed by atoms with Crippen molar-refractivity contribution in [3.05, 3.63) is 66.2 Å². The summed E-state index contributed by atoms with van der Waals surface area (Å²) >= 11 is 0. The van der Waals surface area contributed by atoms with Crippen molar-refractivity contribution in [1.82, 2.24) is 10.3 Å². The molecule has 0 spiro atoms. The van der Waals surface area contributed by atoms with Gasteiger partial charge in [-0.3, -0.25) is 9.78 Å². The van der Waals surface area contributed by atoms with Gasteiger partial charge in [-0.25, -0.2) is 0 Å². The Balaban J connectivity index is 1.54. The third kappa shape index (κ3) is 2.90. The van der Waals surface area contributed by atoms with E-state index in [0.29, 0.717) is 18.0 Å². The number of aromatic nitrogens is 1. The highest BCUT2D eigenvalue weighted by molar-refractivity contribution is 5.96. The van der Waals surface area contributed by atoms with Crippen LogP contribution in [0.5, 0.6) is 0 Å². The molecule has 2 atom stereocenters.